The van der Waals surface area contributed by atoms with Crippen molar-refractivity contribution in [3.8, 4) is 0 Å². The van der Waals surface area contributed by atoms with Crippen molar-refractivity contribution in [1.29, 1.82) is 0 Å². The van der Waals surface area contributed by atoms with Gasteiger partial charge in [-0.05, 0) is 59.7 Å². The lowest BCUT2D eigenvalue weighted by Crippen LogP contribution is -2.44. The molecule has 0 N–H and O–H groups in total. The summed E-state index contributed by atoms with van der Waals surface area (Å²) >= 11 is 0. The van der Waals surface area contributed by atoms with Crippen molar-refractivity contribution < 1.29 is 0 Å². The number of nitrogens with zero attached hydrogens (tertiary/aromatic N) is 6. The summed E-state index contributed by atoms with van der Waals surface area (Å²) in [7, 11) is -2.70. The molecule has 0 spiro atoms. The van der Waals surface area contributed by atoms with Crippen LogP contribution in [0.4, 0.5) is 23.3 Å². The van der Waals surface area contributed by atoms with E-state index >= 15 is 0 Å². The van der Waals surface area contributed by atoms with Crippen molar-refractivity contribution in [2.45, 2.75) is 13.1 Å². The minimum absolute atomic E-state index is 0.816. The van der Waals surface area contributed by atoms with Crippen molar-refractivity contribution in [3.05, 3.63) is 180 Å². The molecule has 0 bridgehead atoms. The highest BCUT2D eigenvalue weighted by Gasteiger charge is 2.49. The highest BCUT2D eigenvalue weighted by Crippen LogP contribution is 2.54. The smallest absolute Gasteiger partial charge is 0.156 e. The van der Waals surface area contributed by atoms with Gasteiger partial charge in [0.1, 0.15) is 23.3 Å². The van der Waals surface area contributed by atoms with E-state index in [2.05, 4.69) is 108 Å². The maximum atomic E-state index is 4.89. The Hall–Kier alpha value is -5.66. The van der Waals surface area contributed by atoms with Crippen LogP contribution in [0.15, 0.2) is 169 Å². The molecule has 7 heteroatoms. The fourth-order valence-electron chi connectivity index (χ4n) is 6.17. The first-order chi connectivity index (χ1) is 22.1. The third-order valence-corrected chi connectivity index (χ3v) is 11.3. The summed E-state index contributed by atoms with van der Waals surface area (Å²) in [5, 5.41) is 2.38. The average Bonchev–Trinajstić information content (AvgIpc) is 3.34. The van der Waals surface area contributed by atoms with Crippen molar-refractivity contribution in [3.63, 3.8) is 0 Å². The van der Waals surface area contributed by atoms with Gasteiger partial charge in [0, 0.05) is 46.6 Å². The SMILES string of the molecule is C[Si]1(C)C(N(c2ccccn2)c2ccccn2)=C(c2ccccc2)C(c2ccccc2)=C1N(c1ccccn1)c1ccccn1. The van der Waals surface area contributed by atoms with Gasteiger partial charge in [0.05, 0.1) is 0 Å². The van der Waals surface area contributed by atoms with Crippen LogP contribution in [0.25, 0.3) is 11.1 Å². The Morgan fingerprint density at radius 1 is 0.378 bits per heavy atom. The lowest BCUT2D eigenvalue weighted by molar-refractivity contribution is 1.08. The van der Waals surface area contributed by atoms with E-state index < -0.39 is 8.07 Å². The van der Waals surface area contributed by atoms with Crippen LogP contribution in [0.3, 0.4) is 0 Å². The van der Waals surface area contributed by atoms with E-state index in [1.807, 2.05) is 73.3 Å². The highest BCUT2D eigenvalue weighted by molar-refractivity contribution is 6.95. The topological polar surface area (TPSA) is 58.0 Å². The van der Waals surface area contributed by atoms with Gasteiger partial charge in [0.15, 0.2) is 8.07 Å². The maximum absolute atomic E-state index is 4.89. The summed E-state index contributed by atoms with van der Waals surface area (Å²) in [5.41, 5.74) is 4.56. The minimum Gasteiger partial charge on any atom is -0.286 e. The van der Waals surface area contributed by atoms with Crippen molar-refractivity contribution >= 4 is 42.5 Å². The molecule has 0 fully saturated rings. The molecule has 0 radical (unpaired) electrons. The zero-order valence-corrected chi connectivity index (χ0v) is 26.2. The molecule has 4 aromatic heterocycles. The predicted octanol–water partition coefficient (Wildman–Crippen LogP) is 8.87. The highest BCUT2D eigenvalue weighted by atomic mass is 28.3. The monoisotopic (exact) mass is 600 g/mol. The number of aromatic nitrogens is 4. The van der Waals surface area contributed by atoms with E-state index in [9.17, 15) is 0 Å². The van der Waals surface area contributed by atoms with Crippen LogP contribution >= 0.6 is 0 Å². The van der Waals surface area contributed by atoms with Gasteiger partial charge in [-0.2, -0.15) is 0 Å². The van der Waals surface area contributed by atoms with Crippen LogP contribution in [0.1, 0.15) is 11.1 Å². The second-order valence-electron chi connectivity index (χ2n) is 11.2. The second-order valence-corrected chi connectivity index (χ2v) is 15.4. The molecule has 0 aliphatic carbocycles. The fourth-order valence-corrected chi connectivity index (χ4v) is 9.75. The van der Waals surface area contributed by atoms with Gasteiger partial charge >= 0.3 is 0 Å². The van der Waals surface area contributed by atoms with E-state index in [1.54, 1.807) is 0 Å². The summed E-state index contributed by atoms with van der Waals surface area (Å²) in [4.78, 5) is 24.1. The maximum Gasteiger partial charge on any atom is 0.156 e. The fraction of sp³-hybridized carbons (Fsp3) is 0.0526. The molecule has 6 aromatic rings. The number of rotatable bonds is 8. The van der Waals surface area contributed by atoms with Crippen molar-refractivity contribution in [2.24, 2.45) is 0 Å². The Balaban J connectivity index is 1.62. The summed E-state index contributed by atoms with van der Waals surface area (Å²) in [6.45, 7) is 4.82. The van der Waals surface area contributed by atoms with Gasteiger partial charge in [-0.3, -0.25) is 9.80 Å². The summed E-state index contributed by atoms with van der Waals surface area (Å²) in [6, 6.07) is 45.5. The van der Waals surface area contributed by atoms with Crippen molar-refractivity contribution in [2.75, 3.05) is 9.80 Å². The molecule has 218 valence electrons. The van der Waals surface area contributed by atoms with E-state index in [0.717, 1.165) is 45.5 Å². The van der Waals surface area contributed by atoms with Crippen LogP contribution < -0.4 is 9.80 Å². The summed E-state index contributed by atoms with van der Waals surface area (Å²) < 4.78 is 0. The molecule has 45 heavy (non-hydrogen) atoms. The largest absolute Gasteiger partial charge is 0.286 e. The van der Waals surface area contributed by atoms with E-state index in [4.69, 9.17) is 19.9 Å². The molecule has 7 rings (SSSR count). The lowest BCUT2D eigenvalue weighted by Gasteiger charge is -2.37. The van der Waals surface area contributed by atoms with Gasteiger partial charge in [-0.1, -0.05) is 98.0 Å². The number of pyridine rings is 4. The third kappa shape index (κ3) is 5.23. The number of hydrogen-bond acceptors (Lipinski definition) is 6. The number of benzene rings is 2. The van der Waals surface area contributed by atoms with Crippen LogP contribution in [-0.4, -0.2) is 28.0 Å². The van der Waals surface area contributed by atoms with Crippen LogP contribution in [0.2, 0.25) is 13.1 Å². The Bertz CT molecular complexity index is 1730. The molecule has 0 saturated heterocycles. The molecule has 1 aliphatic rings. The number of hydrogen-bond donors (Lipinski definition) is 0. The predicted molar refractivity (Wildman–Crippen MR) is 185 cm³/mol. The van der Waals surface area contributed by atoms with Gasteiger partial charge < -0.3 is 0 Å². The van der Waals surface area contributed by atoms with Gasteiger partial charge in [0.2, 0.25) is 0 Å². The number of allylic oxidation sites excluding steroid dienone is 2. The first-order valence-corrected chi connectivity index (χ1v) is 18.0. The first kappa shape index (κ1) is 28.1. The quantitative estimate of drug-likeness (QED) is 0.163. The van der Waals surface area contributed by atoms with Crippen LogP contribution in [0.5, 0.6) is 0 Å². The Labute approximate surface area is 264 Å². The van der Waals surface area contributed by atoms with Gasteiger partial charge in [-0.25, -0.2) is 19.9 Å². The molecule has 1 aliphatic heterocycles. The van der Waals surface area contributed by atoms with Crippen LogP contribution in [-0.2, 0) is 0 Å². The lowest BCUT2D eigenvalue weighted by atomic mass is 9.93. The Morgan fingerprint density at radius 2 is 0.667 bits per heavy atom. The van der Waals surface area contributed by atoms with Gasteiger partial charge in [0.25, 0.3) is 0 Å². The minimum atomic E-state index is -2.70. The molecule has 0 atom stereocenters. The zero-order chi connectivity index (χ0) is 30.6. The molecule has 2 aromatic carbocycles. The molecule has 5 heterocycles. The number of anilines is 4. The Morgan fingerprint density at radius 3 is 0.933 bits per heavy atom. The summed E-state index contributed by atoms with van der Waals surface area (Å²) in [5.74, 6) is 3.26. The molecule has 6 nitrogen and oxygen atoms in total. The first-order valence-electron chi connectivity index (χ1n) is 15.0. The van der Waals surface area contributed by atoms with Crippen LogP contribution in [0, 0.1) is 0 Å². The average molecular weight is 601 g/mol. The van der Waals surface area contributed by atoms with Gasteiger partial charge in [-0.15, -0.1) is 0 Å². The molecule has 0 unspecified atom stereocenters. The van der Waals surface area contributed by atoms with E-state index in [1.165, 1.54) is 10.6 Å². The Kier molecular flexibility index (Phi) is 7.59. The molecular weight excluding hydrogens is 569 g/mol. The van der Waals surface area contributed by atoms with E-state index in [-0.39, 0.29) is 0 Å². The normalized spacial score (nSPS) is 14.0. The molecular formula is C38H32N6Si. The summed E-state index contributed by atoms with van der Waals surface area (Å²) in [6.07, 6.45) is 7.38. The molecule has 0 amide bonds. The van der Waals surface area contributed by atoms with E-state index in [0.29, 0.717) is 0 Å². The zero-order valence-electron chi connectivity index (χ0n) is 25.2. The standard InChI is InChI=1S/C38H32N6Si/c1-45(2)37(43(31-21-9-13-25-39-31)32-22-10-14-26-40-32)35(29-17-5-3-6-18-29)36(30-19-7-4-8-20-30)38(45)44(33-23-11-15-27-41-33)34-24-12-16-28-42-34/h3-28H,1-2H3. The molecule has 0 saturated carbocycles. The third-order valence-electron chi connectivity index (χ3n) is 7.99. The van der Waals surface area contributed by atoms with Crippen molar-refractivity contribution in [1.82, 2.24) is 19.9 Å². The second kappa shape index (κ2) is 12.1.